The Morgan fingerprint density at radius 3 is 0.848 bits per heavy atom. The Hall–Kier alpha value is -15.1. The monoisotopic (exact) mass is 1420 g/mol. The second kappa shape index (κ2) is 28.9. The van der Waals surface area contributed by atoms with E-state index in [0.717, 1.165) is 117 Å². The summed E-state index contributed by atoms with van der Waals surface area (Å²) in [6.45, 7) is 0. The summed E-state index contributed by atoms with van der Waals surface area (Å²) in [5.74, 6) is 1.38. The standard InChI is InChI=1S/C54H35N3.C52H33N3/c55-36-37-24-30-47-48-31-29-43(34-50(48)54(49(47)32-37,45-20-9-3-10-21-45)46-22-11-4-12-23-46)39-25-27-41(28-26-39)52-35-51(40-16-7-2-8-17-40)56-53(57-52)44-19-13-18-42(33-44)38-14-5-1-6-15-38;53-34-35-20-28-45-46-29-27-41(32-48(46)52(47(45)30-35,43-16-6-2-7-17-43)44-18-8-3-9-19-44)37-21-24-39(25-22-37)50-33-49(38-13-4-1-5-14-38)54-51(55-50)42-26-23-36-12-10-11-15-40(36)31-42/h1-35H;1-33H. The molecule has 0 fully saturated rings. The van der Waals surface area contributed by atoms with Crippen molar-refractivity contribution in [3.63, 3.8) is 0 Å². The van der Waals surface area contributed by atoms with Gasteiger partial charge in [0.05, 0.1) is 56.9 Å². The number of nitriles is 2. The highest BCUT2D eigenvalue weighted by molar-refractivity contribution is 5.92. The molecule has 0 unspecified atom stereocenters. The maximum Gasteiger partial charge on any atom is 0.160 e. The fourth-order valence-electron chi connectivity index (χ4n) is 16.9. The first kappa shape index (κ1) is 67.5. The summed E-state index contributed by atoms with van der Waals surface area (Å²) in [5, 5.41) is 22.4. The molecule has 2 heterocycles. The number of nitrogens with zero attached hydrogens (tertiary/aromatic N) is 6. The molecule has 0 aliphatic heterocycles. The molecule has 6 nitrogen and oxygen atoms in total. The van der Waals surface area contributed by atoms with E-state index < -0.39 is 10.8 Å². The fourth-order valence-corrected chi connectivity index (χ4v) is 16.9. The van der Waals surface area contributed by atoms with Crippen LogP contribution in [-0.2, 0) is 10.8 Å². The smallest absolute Gasteiger partial charge is 0.160 e. The number of hydrogen-bond donors (Lipinski definition) is 0. The second-order valence-electron chi connectivity index (χ2n) is 28.5. The number of hydrogen-bond acceptors (Lipinski definition) is 6. The molecule has 0 radical (unpaired) electrons. The van der Waals surface area contributed by atoms with Gasteiger partial charge in [0.15, 0.2) is 11.6 Å². The molecule has 18 aromatic rings. The van der Waals surface area contributed by atoms with Gasteiger partial charge >= 0.3 is 0 Å². The average molecular weight is 1430 g/mol. The van der Waals surface area contributed by atoms with Crippen LogP contribution in [0.5, 0.6) is 0 Å². The zero-order valence-electron chi connectivity index (χ0n) is 60.9. The summed E-state index contributed by atoms with van der Waals surface area (Å²) in [7, 11) is 0. The van der Waals surface area contributed by atoms with Gasteiger partial charge in [-0.2, -0.15) is 10.5 Å². The van der Waals surface area contributed by atoms with Crippen molar-refractivity contribution in [2.24, 2.45) is 0 Å². The Kier molecular flexibility index (Phi) is 17.4. The van der Waals surface area contributed by atoms with Crippen LogP contribution in [0.2, 0.25) is 0 Å². The van der Waals surface area contributed by atoms with Crippen LogP contribution in [0.25, 0.3) is 134 Å². The van der Waals surface area contributed by atoms with Gasteiger partial charge in [-0.25, -0.2) is 19.9 Å². The van der Waals surface area contributed by atoms with Crippen LogP contribution in [0, 0.1) is 22.7 Å². The molecule has 2 aliphatic rings. The van der Waals surface area contributed by atoms with E-state index >= 15 is 0 Å². The molecule has 522 valence electrons. The Morgan fingerprint density at radius 1 is 0.188 bits per heavy atom. The van der Waals surface area contributed by atoms with E-state index in [1.807, 2.05) is 54.6 Å². The molecule has 0 spiro atoms. The minimum atomic E-state index is -0.598. The molecule has 2 aliphatic carbocycles. The Bertz CT molecular complexity index is 6580. The van der Waals surface area contributed by atoms with Crippen LogP contribution < -0.4 is 0 Å². The molecule has 0 amide bonds. The van der Waals surface area contributed by atoms with Crippen LogP contribution in [0.1, 0.15) is 55.6 Å². The minimum absolute atomic E-state index is 0.593. The van der Waals surface area contributed by atoms with Crippen LogP contribution in [-0.4, -0.2) is 19.9 Å². The van der Waals surface area contributed by atoms with Crippen molar-refractivity contribution in [1.82, 2.24) is 19.9 Å². The van der Waals surface area contributed by atoms with E-state index in [1.54, 1.807) is 0 Å². The minimum Gasteiger partial charge on any atom is -0.228 e. The molecule has 112 heavy (non-hydrogen) atoms. The lowest BCUT2D eigenvalue weighted by Crippen LogP contribution is -2.28. The zero-order chi connectivity index (χ0) is 75.0. The van der Waals surface area contributed by atoms with Crippen molar-refractivity contribution < 1.29 is 0 Å². The van der Waals surface area contributed by atoms with Gasteiger partial charge in [0.25, 0.3) is 0 Å². The van der Waals surface area contributed by atoms with Gasteiger partial charge in [-0.15, -0.1) is 0 Å². The molecule has 2 aromatic heterocycles. The van der Waals surface area contributed by atoms with Crippen molar-refractivity contribution >= 4 is 10.8 Å². The van der Waals surface area contributed by atoms with E-state index in [4.69, 9.17) is 19.9 Å². The number of aromatic nitrogens is 4. The van der Waals surface area contributed by atoms with Crippen molar-refractivity contribution in [3.05, 3.63) is 468 Å². The summed E-state index contributed by atoms with van der Waals surface area (Å²) in [5.41, 5.74) is 30.5. The van der Waals surface area contributed by atoms with E-state index in [2.05, 4.69) is 370 Å². The molecule has 0 saturated heterocycles. The lowest BCUT2D eigenvalue weighted by molar-refractivity contribution is 0.768. The largest absolute Gasteiger partial charge is 0.228 e. The van der Waals surface area contributed by atoms with Gasteiger partial charge in [-0.3, -0.25) is 0 Å². The third kappa shape index (κ3) is 12.1. The summed E-state index contributed by atoms with van der Waals surface area (Å²) in [4.78, 5) is 20.5. The predicted molar refractivity (Wildman–Crippen MR) is 455 cm³/mol. The maximum absolute atomic E-state index is 10.0. The summed E-state index contributed by atoms with van der Waals surface area (Å²) < 4.78 is 0. The molecule has 0 saturated carbocycles. The quantitative estimate of drug-likeness (QED) is 0.114. The van der Waals surface area contributed by atoms with E-state index in [-0.39, 0.29) is 0 Å². The molecular formula is C106H68N6. The van der Waals surface area contributed by atoms with Crippen LogP contribution >= 0.6 is 0 Å². The van der Waals surface area contributed by atoms with Gasteiger partial charge in [0.1, 0.15) is 0 Å². The summed E-state index contributed by atoms with van der Waals surface area (Å²) in [6, 6.07) is 149. The average Bonchev–Trinajstić information content (AvgIpc) is 1.54. The molecule has 6 heteroatoms. The third-order valence-electron chi connectivity index (χ3n) is 22.2. The number of fused-ring (bicyclic) bond motifs is 7. The Morgan fingerprint density at radius 2 is 0.455 bits per heavy atom. The number of benzene rings is 16. The normalized spacial score (nSPS) is 12.4. The Labute approximate surface area is 651 Å². The predicted octanol–water partition coefficient (Wildman–Crippen LogP) is 25.6. The molecule has 0 N–H and O–H groups in total. The van der Waals surface area contributed by atoms with Crippen molar-refractivity contribution in [3.8, 4) is 136 Å². The molecule has 16 aromatic carbocycles. The molecule has 0 bridgehead atoms. The lowest BCUT2D eigenvalue weighted by atomic mass is 9.67. The van der Waals surface area contributed by atoms with Crippen LogP contribution in [0.15, 0.2) is 413 Å². The topological polar surface area (TPSA) is 99.1 Å². The molecular weight excluding hydrogens is 1360 g/mol. The molecule has 0 atom stereocenters. The van der Waals surface area contributed by atoms with Crippen molar-refractivity contribution in [2.45, 2.75) is 10.8 Å². The first-order chi connectivity index (χ1) is 55.4. The SMILES string of the molecule is N#Cc1ccc2c(c1)C(c1ccccc1)(c1ccccc1)c1cc(-c3ccc(-c4cc(-c5ccccc5)nc(-c5ccc6ccccc6c5)n4)cc3)ccc1-2.N#Cc1ccc2c(c1)C(c1ccccc1)(c1ccccc1)c1cc(-c3ccc(-c4cc(-c5ccccc5)nc(-c5cccc(-c6ccccc6)c5)n4)cc3)ccc1-2. The van der Waals surface area contributed by atoms with Crippen LogP contribution in [0.3, 0.4) is 0 Å². The molecule has 20 rings (SSSR count). The summed E-state index contributed by atoms with van der Waals surface area (Å²) >= 11 is 0. The van der Waals surface area contributed by atoms with Gasteiger partial charge in [-0.05, 0) is 172 Å². The van der Waals surface area contributed by atoms with Gasteiger partial charge in [-0.1, -0.05) is 352 Å². The first-order valence-corrected chi connectivity index (χ1v) is 37.7. The highest BCUT2D eigenvalue weighted by Gasteiger charge is 2.48. The van der Waals surface area contributed by atoms with Gasteiger partial charge in [0, 0.05) is 33.4 Å². The highest BCUT2D eigenvalue weighted by atomic mass is 14.9. The second-order valence-corrected chi connectivity index (χ2v) is 28.5. The van der Waals surface area contributed by atoms with E-state index in [1.165, 1.54) is 49.9 Å². The van der Waals surface area contributed by atoms with E-state index in [9.17, 15) is 10.5 Å². The summed E-state index contributed by atoms with van der Waals surface area (Å²) in [6.07, 6.45) is 0. The Balaban J connectivity index is 0.000000151. The maximum atomic E-state index is 10.0. The first-order valence-electron chi connectivity index (χ1n) is 37.7. The van der Waals surface area contributed by atoms with Crippen molar-refractivity contribution in [1.29, 1.82) is 10.5 Å². The zero-order valence-corrected chi connectivity index (χ0v) is 60.9. The van der Waals surface area contributed by atoms with Crippen molar-refractivity contribution in [2.75, 3.05) is 0 Å². The van der Waals surface area contributed by atoms with E-state index in [0.29, 0.717) is 22.8 Å². The van der Waals surface area contributed by atoms with Crippen LogP contribution in [0.4, 0.5) is 0 Å². The number of rotatable bonds is 13. The van der Waals surface area contributed by atoms with Gasteiger partial charge in [0.2, 0.25) is 0 Å². The van der Waals surface area contributed by atoms with Gasteiger partial charge < -0.3 is 0 Å². The third-order valence-corrected chi connectivity index (χ3v) is 22.2. The highest BCUT2D eigenvalue weighted by Crippen LogP contribution is 2.59. The fraction of sp³-hybridized carbons (Fsp3) is 0.0189. The lowest BCUT2D eigenvalue weighted by Gasteiger charge is -2.34.